The Morgan fingerprint density at radius 1 is 1.92 bits per heavy atom. The first kappa shape index (κ1) is 8.66. The molecule has 0 aliphatic carbocycles. The van der Waals surface area contributed by atoms with Gasteiger partial charge in [-0.15, -0.1) is 0 Å². The van der Waals surface area contributed by atoms with E-state index in [9.17, 15) is 4.79 Å². The van der Waals surface area contributed by atoms with E-state index in [4.69, 9.17) is 10.8 Å². The summed E-state index contributed by atoms with van der Waals surface area (Å²) in [6.45, 7) is 0. The molecule has 0 saturated heterocycles. The molecule has 3 N–H and O–H groups in total. The zero-order valence-corrected chi connectivity index (χ0v) is 6.64. The molecule has 1 aromatic rings. The molecule has 0 amide bonds. The second-order valence-electron chi connectivity index (χ2n) is 2.45. The summed E-state index contributed by atoms with van der Waals surface area (Å²) in [5.74, 6) is -0.456. The Kier molecular flexibility index (Phi) is 2.39. The Morgan fingerprint density at radius 2 is 2.58 bits per heavy atom. The fourth-order valence-electron chi connectivity index (χ4n) is 0.789. The van der Waals surface area contributed by atoms with Gasteiger partial charge in [-0.05, 0) is 0 Å². The summed E-state index contributed by atoms with van der Waals surface area (Å²) in [7, 11) is 1.69. The van der Waals surface area contributed by atoms with E-state index in [1.54, 1.807) is 7.05 Å². The summed E-state index contributed by atoms with van der Waals surface area (Å²) in [5.41, 5.74) is 5.30. The molecule has 0 fully saturated rings. The molecule has 0 unspecified atom stereocenters. The predicted octanol–water partition coefficient (Wildman–Crippen LogP) is -1.23. The van der Waals surface area contributed by atoms with Crippen LogP contribution in [0.4, 0.5) is 0 Å². The van der Waals surface area contributed by atoms with Crippen molar-refractivity contribution in [3.63, 3.8) is 0 Å². The lowest BCUT2D eigenvalue weighted by Gasteiger charge is -2.04. The Hall–Kier alpha value is -1.43. The van der Waals surface area contributed by atoms with E-state index in [0.29, 0.717) is 5.82 Å². The second-order valence-corrected chi connectivity index (χ2v) is 2.45. The lowest BCUT2D eigenvalue weighted by molar-refractivity contribution is -0.138. The summed E-state index contributed by atoms with van der Waals surface area (Å²) in [6.07, 6.45) is 1.57. The molecule has 0 bridgehead atoms. The largest absolute Gasteiger partial charge is 0.480 e. The van der Waals surface area contributed by atoms with Gasteiger partial charge in [0.15, 0.2) is 0 Å². The van der Waals surface area contributed by atoms with Crippen LogP contribution in [0.2, 0.25) is 0 Å². The van der Waals surface area contributed by atoms with Crippen LogP contribution in [0.3, 0.4) is 0 Å². The van der Waals surface area contributed by atoms with E-state index in [2.05, 4.69) is 10.1 Å². The van der Waals surface area contributed by atoms with Gasteiger partial charge in [0, 0.05) is 13.5 Å². The van der Waals surface area contributed by atoms with Gasteiger partial charge in [0.1, 0.15) is 18.2 Å². The molecule has 0 aromatic carbocycles. The highest BCUT2D eigenvalue weighted by Crippen LogP contribution is 1.95. The molecule has 0 spiro atoms. The molecule has 6 nitrogen and oxygen atoms in total. The smallest absolute Gasteiger partial charge is 0.320 e. The molecule has 0 aliphatic rings. The molecule has 1 atom stereocenters. The predicted molar refractivity (Wildman–Crippen MR) is 40.3 cm³/mol. The summed E-state index contributed by atoms with van der Waals surface area (Å²) in [4.78, 5) is 14.2. The lowest BCUT2D eigenvalue weighted by atomic mass is 10.2. The number of aromatic nitrogens is 3. The van der Waals surface area contributed by atoms with Crippen molar-refractivity contribution < 1.29 is 9.90 Å². The Balaban J connectivity index is 2.64. The first-order valence-electron chi connectivity index (χ1n) is 3.42. The molecule has 0 aliphatic heterocycles. The normalized spacial score (nSPS) is 12.8. The Morgan fingerprint density at radius 3 is 3.00 bits per heavy atom. The molecule has 0 radical (unpaired) electrons. The van der Waals surface area contributed by atoms with Crippen molar-refractivity contribution in [3.8, 4) is 0 Å². The standard InChI is InChI=1S/C6H10N4O2/c1-10-5(8-3-9-10)2-4(7)6(11)12/h3-4H,2,7H2,1H3,(H,11,12)/t4-/m0/s1. The number of hydrogen-bond donors (Lipinski definition) is 2. The maximum Gasteiger partial charge on any atom is 0.320 e. The number of carbonyl (C=O) groups is 1. The van der Waals surface area contributed by atoms with Crippen LogP contribution in [0, 0.1) is 0 Å². The van der Waals surface area contributed by atoms with Crippen LogP contribution in [-0.2, 0) is 18.3 Å². The van der Waals surface area contributed by atoms with Gasteiger partial charge >= 0.3 is 5.97 Å². The van der Waals surface area contributed by atoms with Gasteiger partial charge < -0.3 is 10.8 Å². The zero-order valence-electron chi connectivity index (χ0n) is 6.64. The average molecular weight is 170 g/mol. The van der Waals surface area contributed by atoms with Crippen molar-refractivity contribution in [1.82, 2.24) is 14.8 Å². The molecule has 1 aromatic heterocycles. The Labute approximate surface area is 69.0 Å². The molecular formula is C6H10N4O2. The van der Waals surface area contributed by atoms with Crippen LogP contribution in [0.5, 0.6) is 0 Å². The maximum absolute atomic E-state index is 10.4. The average Bonchev–Trinajstić information content (AvgIpc) is 2.36. The van der Waals surface area contributed by atoms with Crippen molar-refractivity contribution in [3.05, 3.63) is 12.2 Å². The third kappa shape index (κ3) is 1.79. The van der Waals surface area contributed by atoms with Gasteiger partial charge in [0.25, 0.3) is 0 Å². The third-order valence-corrected chi connectivity index (χ3v) is 1.52. The highest BCUT2D eigenvalue weighted by Gasteiger charge is 2.14. The summed E-state index contributed by atoms with van der Waals surface area (Å²) in [6, 6.07) is -0.909. The highest BCUT2D eigenvalue weighted by molar-refractivity contribution is 5.73. The molecule has 1 heterocycles. The van der Waals surface area contributed by atoms with E-state index >= 15 is 0 Å². The van der Waals surface area contributed by atoms with Gasteiger partial charge in [-0.1, -0.05) is 0 Å². The quantitative estimate of drug-likeness (QED) is 0.592. The molecule has 66 valence electrons. The fraction of sp³-hybridized carbons (Fsp3) is 0.500. The van der Waals surface area contributed by atoms with Gasteiger partial charge in [-0.3, -0.25) is 9.48 Å². The van der Waals surface area contributed by atoms with Crippen LogP contribution < -0.4 is 5.73 Å². The van der Waals surface area contributed by atoms with E-state index in [1.165, 1.54) is 11.0 Å². The number of nitrogens with zero attached hydrogens (tertiary/aromatic N) is 3. The minimum atomic E-state index is -1.03. The van der Waals surface area contributed by atoms with Gasteiger partial charge in [-0.25, -0.2) is 4.98 Å². The van der Waals surface area contributed by atoms with E-state index < -0.39 is 12.0 Å². The van der Waals surface area contributed by atoms with Crippen molar-refractivity contribution in [1.29, 1.82) is 0 Å². The van der Waals surface area contributed by atoms with Gasteiger partial charge in [-0.2, -0.15) is 5.10 Å². The minimum Gasteiger partial charge on any atom is -0.480 e. The van der Waals surface area contributed by atoms with Gasteiger partial charge in [0.2, 0.25) is 0 Å². The first-order chi connectivity index (χ1) is 5.61. The molecule has 6 heteroatoms. The Bertz CT molecular complexity index is 283. The summed E-state index contributed by atoms with van der Waals surface area (Å²) in [5, 5.41) is 12.3. The molecular weight excluding hydrogens is 160 g/mol. The molecule has 0 saturated carbocycles. The molecule has 1 rings (SSSR count). The fourth-order valence-corrected chi connectivity index (χ4v) is 0.789. The number of hydrogen-bond acceptors (Lipinski definition) is 4. The number of aliphatic carboxylic acids is 1. The van der Waals surface area contributed by atoms with Crippen LogP contribution in [0.25, 0.3) is 0 Å². The van der Waals surface area contributed by atoms with Crippen molar-refractivity contribution in [2.45, 2.75) is 12.5 Å². The topological polar surface area (TPSA) is 94.0 Å². The number of carboxylic acids is 1. The van der Waals surface area contributed by atoms with Crippen molar-refractivity contribution in [2.75, 3.05) is 0 Å². The summed E-state index contributed by atoms with van der Waals surface area (Å²) >= 11 is 0. The number of rotatable bonds is 3. The highest BCUT2D eigenvalue weighted by atomic mass is 16.4. The SMILES string of the molecule is Cn1ncnc1C[C@H](N)C(=O)O. The number of aryl methyl sites for hydroxylation is 1. The second kappa shape index (κ2) is 3.31. The lowest BCUT2D eigenvalue weighted by Crippen LogP contribution is -2.33. The number of nitrogens with two attached hydrogens (primary N) is 1. The third-order valence-electron chi connectivity index (χ3n) is 1.52. The number of carboxylic acid groups (broad SMARTS) is 1. The maximum atomic E-state index is 10.4. The van der Waals surface area contributed by atoms with E-state index in [0.717, 1.165) is 0 Å². The molecule has 12 heavy (non-hydrogen) atoms. The van der Waals surface area contributed by atoms with Crippen molar-refractivity contribution >= 4 is 5.97 Å². The van der Waals surface area contributed by atoms with Gasteiger partial charge in [0.05, 0.1) is 0 Å². The van der Waals surface area contributed by atoms with Crippen LogP contribution in [0.1, 0.15) is 5.82 Å². The van der Waals surface area contributed by atoms with E-state index in [-0.39, 0.29) is 6.42 Å². The summed E-state index contributed by atoms with van der Waals surface area (Å²) < 4.78 is 1.50. The van der Waals surface area contributed by atoms with E-state index in [1.807, 2.05) is 0 Å². The van der Waals surface area contributed by atoms with Crippen molar-refractivity contribution in [2.24, 2.45) is 12.8 Å². The monoisotopic (exact) mass is 170 g/mol. The van der Waals surface area contributed by atoms with Crippen LogP contribution >= 0.6 is 0 Å². The van der Waals surface area contributed by atoms with Crippen LogP contribution in [0.15, 0.2) is 6.33 Å². The first-order valence-corrected chi connectivity index (χ1v) is 3.42. The van der Waals surface area contributed by atoms with Crippen LogP contribution in [-0.4, -0.2) is 31.9 Å². The minimum absolute atomic E-state index is 0.200. The zero-order chi connectivity index (χ0) is 9.14.